The first kappa shape index (κ1) is 14.3. The van der Waals surface area contributed by atoms with Gasteiger partial charge >= 0.3 is 0 Å². The molecule has 1 N–H and O–H groups in total. The smallest absolute Gasteiger partial charge is 0.194 e. The molecule has 1 fully saturated rings. The second kappa shape index (κ2) is 6.36. The van der Waals surface area contributed by atoms with Crippen molar-refractivity contribution in [2.24, 2.45) is 0 Å². The van der Waals surface area contributed by atoms with Crippen LogP contribution in [0.4, 0.5) is 13.2 Å². The predicted octanol–water partition coefficient (Wildman–Crippen LogP) is 1.52. The van der Waals surface area contributed by atoms with E-state index in [1.807, 2.05) is 11.9 Å². The molecule has 1 unspecified atom stereocenters. The van der Waals surface area contributed by atoms with Crippen LogP contribution in [0.15, 0.2) is 12.1 Å². The fraction of sp³-hybridized carbons (Fsp3) is 0.538. The number of hydrogen-bond acceptors (Lipinski definition) is 3. The van der Waals surface area contributed by atoms with Gasteiger partial charge in [-0.1, -0.05) is 0 Å². The van der Waals surface area contributed by atoms with Crippen molar-refractivity contribution in [2.75, 3.05) is 33.3 Å². The molecule has 0 bridgehead atoms. The fourth-order valence-electron chi connectivity index (χ4n) is 2.23. The van der Waals surface area contributed by atoms with E-state index in [4.69, 9.17) is 4.74 Å². The first-order valence-corrected chi connectivity index (χ1v) is 6.22. The number of nitrogens with zero attached hydrogens (tertiary/aromatic N) is 1. The third-order valence-corrected chi connectivity index (χ3v) is 3.10. The Labute approximate surface area is 110 Å². The Morgan fingerprint density at radius 2 is 2.00 bits per heavy atom. The molecule has 0 saturated carbocycles. The highest BCUT2D eigenvalue weighted by Gasteiger charge is 2.20. The van der Waals surface area contributed by atoms with Crippen molar-refractivity contribution >= 4 is 0 Å². The quantitative estimate of drug-likeness (QED) is 0.843. The van der Waals surface area contributed by atoms with Crippen LogP contribution < -0.4 is 5.32 Å². The molecule has 1 aromatic rings. The van der Waals surface area contributed by atoms with Gasteiger partial charge in [-0.25, -0.2) is 13.2 Å². The molecule has 19 heavy (non-hydrogen) atoms. The number of nitrogens with one attached hydrogen (secondary N) is 1. The van der Waals surface area contributed by atoms with Gasteiger partial charge in [0.1, 0.15) is 0 Å². The number of benzene rings is 1. The molecule has 106 valence electrons. The van der Waals surface area contributed by atoms with Gasteiger partial charge in [0.05, 0.1) is 12.7 Å². The molecule has 6 heteroatoms. The highest BCUT2D eigenvalue weighted by Crippen LogP contribution is 2.16. The van der Waals surface area contributed by atoms with Crippen LogP contribution in [-0.2, 0) is 11.3 Å². The molecule has 0 spiro atoms. The van der Waals surface area contributed by atoms with Crippen LogP contribution in [0, 0.1) is 17.5 Å². The van der Waals surface area contributed by atoms with Crippen molar-refractivity contribution in [1.29, 1.82) is 0 Å². The third kappa shape index (κ3) is 3.68. The second-order valence-electron chi connectivity index (χ2n) is 4.66. The first-order chi connectivity index (χ1) is 9.10. The Kier molecular flexibility index (Phi) is 4.79. The summed E-state index contributed by atoms with van der Waals surface area (Å²) >= 11 is 0. The summed E-state index contributed by atoms with van der Waals surface area (Å²) in [6.07, 6.45) is 0.0638. The number of rotatable bonds is 4. The van der Waals surface area contributed by atoms with Crippen LogP contribution in [0.1, 0.15) is 5.56 Å². The standard InChI is InChI=1S/C13H17F3N2O/c1-17-6-10-8-18(2-3-19-10)7-9-4-11(14)13(16)12(15)5-9/h4-5,10,17H,2-3,6-8H2,1H3. The Morgan fingerprint density at radius 1 is 1.32 bits per heavy atom. The molecule has 0 aliphatic carbocycles. The van der Waals surface area contributed by atoms with Gasteiger partial charge in [-0.15, -0.1) is 0 Å². The summed E-state index contributed by atoms with van der Waals surface area (Å²) in [5.74, 6) is -3.70. The molecule has 1 saturated heterocycles. The summed E-state index contributed by atoms with van der Waals surface area (Å²) < 4.78 is 44.6. The van der Waals surface area contributed by atoms with Crippen molar-refractivity contribution in [1.82, 2.24) is 10.2 Å². The molecule has 1 aromatic carbocycles. The monoisotopic (exact) mass is 274 g/mol. The van der Waals surface area contributed by atoms with Gasteiger partial charge in [-0.05, 0) is 24.7 Å². The fourth-order valence-corrected chi connectivity index (χ4v) is 2.23. The summed E-state index contributed by atoms with van der Waals surface area (Å²) in [5, 5.41) is 3.03. The van der Waals surface area contributed by atoms with E-state index in [1.165, 1.54) is 0 Å². The Morgan fingerprint density at radius 3 is 2.63 bits per heavy atom. The average Bonchev–Trinajstić information content (AvgIpc) is 2.37. The molecule has 1 atom stereocenters. The summed E-state index contributed by atoms with van der Waals surface area (Å²) in [5.41, 5.74) is 0.432. The van der Waals surface area contributed by atoms with E-state index in [2.05, 4.69) is 5.32 Å². The number of morpholine rings is 1. The number of halogens is 3. The van der Waals surface area contributed by atoms with Gasteiger partial charge < -0.3 is 10.1 Å². The minimum Gasteiger partial charge on any atom is -0.374 e. The lowest BCUT2D eigenvalue weighted by Crippen LogP contribution is -2.45. The lowest BCUT2D eigenvalue weighted by molar-refractivity contribution is -0.0291. The zero-order valence-electron chi connectivity index (χ0n) is 10.8. The number of ether oxygens (including phenoxy) is 1. The van der Waals surface area contributed by atoms with Gasteiger partial charge in [-0.3, -0.25) is 4.90 Å². The summed E-state index contributed by atoms with van der Waals surface area (Å²) in [7, 11) is 1.84. The molecule has 2 rings (SSSR count). The van der Waals surface area contributed by atoms with Gasteiger partial charge in [0.2, 0.25) is 0 Å². The number of likely N-dealkylation sites (N-methyl/N-ethyl adjacent to an activating group) is 1. The Balaban J connectivity index is 2.00. The van der Waals surface area contributed by atoms with E-state index >= 15 is 0 Å². The van der Waals surface area contributed by atoms with Crippen LogP contribution in [0.3, 0.4) is 0 Å². The minimum absolute atomic E-state index is 0.0638. The van der Waals surface area contributed by atoms with Crippen molar-refractivity contribution in [3.05, 3.63) is 35.1 Å². The largest absolute Gasteiger partial charge is 0.374 e. The maximum atomic E-state index is 13.1. The summed E-state index contributed by atoms with van der Waals surface area (Å²) in [6, 6.07) is 2.09. The van der Waals surface area contributed by atoms with Gasteiger partial charge in [0, 0.05) is 26.2 Å². The Bertz CT molecular complexity index is 417. The van der Waals surface area contributed by atoms with Crippen molar-refractivity contribution in [3.63, 3.8) is 0 Å². The molecule has 0 aromatic heterocycles. The molecule has 1 aliphatic heterocycles. The Hall–Kier alpha value is -1.11. The van der Waals surface area contributed by atoms with E-state index in [0.717, 1.165) is 18.7 Å². The van der Waals surface area contributed by atoms with E-state index < -0.39 is 17.5 Å². The van der Waals surface area contributed by atoms with Crippen LogP contribution in [0.25, 0.3) is 0 Å². The average molecular weight is 274 g/mol. The molecular weight excluding hydrogens is 257 g/mol. The first-order valence-electron chi connectivity index (χ1n) is 6.22. The van der Waals surface area contributed by atoms with Crippen molar-refractivity contribution in [2.45, 2.75) is 12.6 Å². The van der Waals surface area contributed by atoms with Gasteiger partial charge in [0.15, 0.2) is 17.5 Å². The highest BCUT2D eigenvalue weighted by molar-refractivity contribution is 5.19. The van der Waals surface area contributed by atoms with E-state index in [1.54, 1.807) is 0 Å². The molecule has 1 heterocycles. The van der Waals surface area contributed by atoms with Gasteiger partial charge in [0.25, 0.3) is 0 Å². The lowest BCUT2D eigenvalue weighted by atomic mass is 10.1. The molecule has 1 aliphatic rings. The molecule has 3 nitrogen and oxygen atoms in total. The molecule has 0 amide bonds. The van der Waals surface area contributed by atoms with Gasteiger partial charge in [-0.2, -0.15) is 0 Å². The normalized spacial score (nSPS) is 20.7. The SMILES string of the molecule is CNCC1CN(Cc2cc(F)c(F)c(F)c2)CCO1. The highest BCUT2D eigenvalue weighted by atomic mass is 19.2. The van der Waals surface area contributed by atoms with E-state index in [-0.39, 0.29) is 6.10 Å². The lowest BCUT2D eigenvalue weighted by Gasteiger charge is -2.32. The maximum absolute atomic E-state index is 13.1. The molecular formula is C13H17F3N2O. The summed E-state index contributed by atoms with van der Waals surface area (Å²) in [6.45, 7) is 3.07. The number of hydrogen-bond donors (Lipinski definition) is 1. The zero-order valence-corrected chi connectivity index (χ0v) is 10.8. The van der Waals surface area contributed by atoms with Crippen molar-refractivity contribution in [3.8, 4) is 0 Å². The van der Waals surface area contributed by atoms with Crippen LogP contribution in [-0.4, -0.2) is 44.3 Å². The summed E-state index contributed by atoms with van der Waals surface area (Å²) in [4.78, 5) is 2.04. The van der Waals surface area contributed by atoms with E-state index in [0.29, 0.717) is 31.8 Å². The molecule has 0 radical (unpaired) electrons. The topological polar surface area (TPSA) is 24.5 Å². The minimum atomic E-state index is -1.42. The maximum Gasteiger partial charge on any atom is 0.194 e. The zero-order chi connectivity index (χ0) is 13.8. The van der Waals surface area contributed by atoms with Crippen LogP contribution >= 0.6 is 0 Å². The van der Waals surface area contributed by atoms with E-state index in [9.17, 15) is 13.2 Å². The van der Waals surface area contributed by atoms with Crippen LogP contribution in [0.2, 0.25) is 0 Å². The van der Waals surface area contributed by atoms with Crippen molar-refractivity contribution < 1.29 is 17.9 Å². The third-order valence-electron chi connectivity index (χ3n) is 3.10. The second-order valence-corrected chi connectivity index (χ2v) is 4.66. The predicted molar refractivity (Wildman–Crippen MR) is 65.3 cm³/mol. The van der Waals surface area contributed by atoms with Crippen LogP contribution in [0.5, 0.6) is 0 Å².